The van der Waals surface area contributed by atoms with Gasteiger partial charge in [0, 0.05) is 62.7 Å². The van der Waals surface area contributed by atoms with E-state index < -0.39 is 17.7 Å². The SMILES string of the molecule is O=C(OC(C(=O)OC1CC2CCC(C1)[N+]21CCCC1)(c1ccccc1)c1ccccc1)N1CCCCC1. The van der Waals surface area contributed by atoms with Crippen LogP contribution in [0.25, 0.3) is 0 Å². The molecule has 4 aliphatic rings. The molecule has 2 unspecified atom stereocenters. The van der Waals surface area contributed by atoms with Crippen molar-refractivity contribution in [3.05, 3.63) is 71.8 Å². The second-order valence-corrected chi connectivity index (χ2v) is 11.5. The number of rotatable bonds is 5. The van der Waals surface area contributed by atoms with Crippen LogP contribution in [0.2, 0.25) is 0 Å². The van der Waals surface area contributed by atoms with Gasteiger partial charge in [-0.05, 0) is 19.3 Å². The van der Waals surface area contributed by atoms with Gasteiger partial charge >= 0.3 is 12.1 Å². The average Bonchev–Trinajstić information content (AvgIpc) is 3.49. The summed E-state index contributed by atoms with van der Waals surface area (Å²) in [5, 5.41) is 0. The fourth-order valence-corrected chi connectivity index (χ4v) is 7.72. The van der Waals surface area contributed by atoms with E-state index in [9.17, 15) is 9.59 Å². The topological polar surface area (TPSA) is 55.8 Å². The number of amides is 1. The Morgan fingerprint density at radius 3 is 1.84 bits per heavy atom. The van der Waals surface area contributed by atoms with E-state index in [1.165, 1.54) is 43.3 Å². The van der Waals surface area contributed by atoms with Gasteiger partial charge in [-0.3, -0.25) is 0 Å². The van der Waals surface area contributed by atoms with Gasteiger partial charge in [0.05, 0.1) is 25.2 Å². The van der Waals surface area contributed by atoms with Crippen LogP contribution in [0.15, 0.2) is 60.7 Å². The van der Waals surface area contributed by atoms with E-state index in [1.807, 2.05) is 60.7 Å². The molecule has 0 aromatic heterocycles. The Morgan fingerprint density at radius 2 is 1.30 bits per heavy atom. The highest BCUT2D eigenvalue weighted by Crippen LogP contribution is 2.47. The molecule has 6 nitrogen and oxygen atoms in total. The van der Waals surface area contributed by atoms with Gasteiger partial charge in [0.25, 0.3) is 5.60 Å². The number of piperidine rings is 2. The van der Waals surface area contributed by atoms with Crippen LogP contribution in [0.5, 0.6) is 0 Å². The van der Waals surface area contributed by atoms with Crippen molar-refractivity contribution in [1.82, 2.24) is 4.90 Å². The molecular formula is C31H39N2O4+. The van der Waals surface area contributed by atoms with E-state index in [4.69, 9.17) is 9.47 Å². The third-order valence-electron chi connectivity index (χ3n) is 9.53. The van der Waals surface area contributed by atoms with Crippen LogP contribution < -0.4 is 0 Å². The zero-order chi connectivity index (χ0) is 25.3. The number of nitrogens with zero attached hydrogens (tertiary/aromatic N) is 2. The molecule has 2 atom stereocenters. The summed E-state index contributed by atoms with van der Waals surface area (Å²) in [5.41, 5.74) is -0.398. The highest BCUT2D eigenvalue weighted by molar-refractivity contribution is 5.88. The van der Waals surface area contributed by atoms with Crippen LogP contribution in [0.3, 0.4) is 0 Å². The fourth-order valence-electron chi connectivity index (χ4n) is 7.72. The average molecular weight is 504 g/mol. The molecule has 0 aliphatic carbocycles. The van der Waals surface area contributed by atoms with E-state index in [2.05, 4.69) is 0 Å². The number of ether oxygens (including phenoxy) is 2. The minimum absolute atomic E-state index is 0.144. The number of quaternary nitrogens is 1. The lowest BCUT2D eigenvalue weighted by Gasteiger charge is -2.47. The van der Waals surface area contributed by atoms with Crippen LogP contribution in [0.4, 0.5) is 4.79 Å². The third-order valence-corrected chi connectivity index (χ3v) is 9.53. The molecule has 4 aliphatic heterocycles. The Labute approximate surface area is 220 Å². The maximum absolute atomic E-state index is 14.4. The molecule has 4 saturated heterocycles. The number of hydrogen-bond acceptors (Lipinski definition) is 4. The van der Waals surface area contributed by atoms with Crippen molar-refractivity contribution in [1.29, 1.82) is 0 Å². The Morgan fingerprint density at radius 1 is 0.757 bits per heavy atom. The predicted octanol–water partition coefficient (Wildman–Crippen LogP) is 5.40. The molecular weight excluding hydrogens is 464 g/mol. The maximum atomic E-state index is 14.4. The Bertz CT molecular complexity index is 1040. The largest absolute Gasteiger partial charge is 0.458 e. The van der Waals surface area contributed by atoms with Crippen molar-refractivity contribution in [2.45, 2.75) is 81.6 Å². The second kappa shape index (κ2) is 10.1. The summed E-state index contributed by atoms with van der Waals surface area (Å²) < 4.78 is 14.0. The first-order valence-electron chi connectivity index (χ1n) is 14.3. The van der Waals surface area contributed by atoms with Gasteiger partial charge in [-0.2, -0.15) is 0 Å². The normalized spacial score (nSPS) is 26.7. The summed E-state index contributed by atoms with van der Waals surface area (Å²) in [5.74, 6) is -0.477. The number of hydrogen-bond donors (Lipinski definition) is 0. The molecule has 196 valence electrons. The van der Waals surface area contributed by atoms with Gasteiger partial charge < -0.3 is 18.9 Å². The van der Waals surface area contributed by atoms with Crippen molar-refractivity contribution in [3.8, 4) is 0 Å². The van der Waals surface area contributed by atoms with Gasteiger partial charge in [0.15, 0.2) is 0 Å². The molecule has 6 heteroatoms. The van der Waals surface area contributed by atoms with Crippen LogP contribution >= 0.6 is 0 Å². The Balaban J connectivity index is 1.33. The third kappa shape index (κ3) is 4.33. The minimum atomic E-state index is -1.65. The van der Waals surface area contributed by atoms with Crippen molar-refractivity contribution < 1.29 is 23.5 Å². The smallest absolute Gasteiger partial charge is 0.411 e. The van der Waals surface area contributed by atoms with Crippen LogP contribution in [-0.4, -0.2) is 65.8 Å². The summed E-state index contributed by atoms with van der Waals surface area (Å²) in [4.78, 5) is 29.6. The summed E-state index contributed by atoms with van der Waals surface area (Å²) in [6.45, 7) is 3.86. The number of esters is 1. The number of carbonyl (C=O) groups is 2. The molecule has 0 N–H and O–H groups in total. The van der Waals surface area contributed by atoms with Crippen molar-refractivity contribution in [2.24, 2.45) is 0 Å². The van der Waals surface area contributed by atoms with Gasteiger partial charge in [0.2, 0.25) is 0 Å². The highest BCUT2D eigenvalue weighted by Gasteiger charge is 2.57. The molecule has 2 aromatic carbocycles. The number of benzene rings is 2. The lowest BCUT2D eigenvalue weighted by molar-refractivity contribution is -0.956. The maximum Gasteiger partial charge on any atom is 0.411 e. The second-order valence-electron chi connectivity index (χ2n) is 11.5. The van der Waals surface area contributed by atoms with Crippen molar-refractivity contribution >= 4 is 12.1 Å². The summed E-state index contributed by atoms with van der Waals surface area (Å²) >= 11 is 0. The zero-order valence-corrected chi connectivity index (χ0v) is 21.7. The molecule has 2 bridgehead atoms. The van der Waals surface area contributed by atoms with Gasteiger partial charge in [0.1, 0.15) is 6.10 Å². The summed E-state index contributed by atoms with van der Waals surface area (Å²) in [6.07, 6.45) is 9.31. The number of carbonyl (C=O) groups excluding carboxylic acids is 2. The molecule has 0 radical (unpaired) electrons. The van der Waals surface area contributed by atoms with E-state index in [0.717, 1.165) is 32.1 Å². The minimum Gasteiger partial charge on any atom is -0.458 e. The zero-order valence-electron chi connectivity index (χ0n) is 21.7. The van der Waals surface area contributed by atoms with Crippen LogP contribution in [0, 0.1) is 0 Å². The van der Waals surface area contributed by atoms with Gasteiger partial charge in [-0.1, -0.05) is 60.7 Å². The first-order valence-corrected chi connectivity index (χ1v) is 14.3. The van der Waals surface area contributed by atoms with Crippen LogP contribution in [0.1, 0.15) is 68.9 Å². The molecule has 4 heterocycles. The number of likely N-dealkylation sites (tertiary alicyclic amines) is 1. The predicted molar refractivity (Wildman–Crippen MR) is 141 cm³/mol. The van der Waals surface area contributed by atoms with E-state index in [0.29, 0.717) is 36.3 Å². The van der Waals surface area contributed by atoms with E-state index >= 15 is 0 Å². The van der Waals surface area contributed by atoms with Gasteiger partial charge in [-0.25, -0.2) is 9.59 Å². The first-order chi connectivity index (χ1) is 18.1. The molecule has 4 fully saturated rings. The summed E-state index contributed by atoms with van der Waals surface area (Å²) in [7, 11) is 0. The Hall–Kier alpha value is -2.86. The van der Waals surface area contributed by atoms with Crippen molar-refractivity contribution in [3.63, 3.8) is 0 Å². The molecule has 1 spiro atoms. The van der Waals surface area contributed by atoms with Crippen molar-refractivity contribution in [2.75, 3.05) is 26.2 Å². The molecule has 37 heavy (non-hydrogen) atoms. The molecule has 1 amide bonds. The lowest BCUT2D eigenvalue weighted by Crippen LogP contribution is -2.60. The van der Waals surface area contributed by atoms with Crippen LogP contribution in [-0.2, 0) is 19.9 Å². The fraction of sp³-hybridized carbons (Fsp3) is 0.548. The monoisotopic (exact) mass is 503 g/mol. The molecule has 0 saturated carbocycles. The molecule has 6 rings (SSSR count). The van der Waals surface area contributed by atoms with E-state index in [1.54, 1.807) is 4.90 Å². The summed E-state index contributed by atoms with van der Waals surface area (Å²) in [6, 6.07) is 20.0. The van der Waals surface area contributed by atoms with Gasteiger partial charge in [-0.15, -0.1) is 0 Å². The standard InChI is InChI=1S/C31H39N2O4/c34-29(36-28-22-26-16-17-27(23-28)33(26)20-10-11-21-33)31(24-12-4-1-5-13-24,25-14-6-2-7-15-25)37-30(35)32-18-8-3-9-19-32/h1-2,4-7,12-15,26-28H,3,8-11,16-23H2/q+1. The Kier molecular flexibility index (Phi) is 6.70. The quantitative estimate of drug-likeness (QED) is 0.405. The lowest BCUT2D eigenvalue weighted by atomic mass is 9.85. The first kappa shape index (κ1) is 24.5. The highest BCUT2D eigenvalue weighted by atomic mass is 16.6. The van der Waals surface area contributed by atoms with E-state index in [-0.39, 0.29) is 6.10 Å². The molecule has 2 aromatic rings.